The summed E-state index contributed by atoms with van der Waals surface area (Å²) in [7, 11) is 0. The molecule has 0 aromatic rings. The van der Waals surface area contributed by atoms with Gasteiger partial charge in [0.2, 0.25) is 0 Å². The minimum atomic E-state index is 0.0647. The SMILES string of the molecule is CC(C)(C)NCC(=O)CCC1CC1. The molecular formula is C11H21NO. The molecule has 0 amide bonds. The van der Waals surface area contributed by atoms with E-state index in [0.717, 1.165) is 18.8 Å². The lowest BCUT2D eigenvalue weighted by Crippen LogP contribution is -2.39. The molecule has 0 aromatic heterocycles. The Bertz CT molecular complexity index is 177. The summed E-state index contributed by atoms with van der Waals surface area (Å²) in [5.41, 5.74) is 0.0647. The van der Waals surface area contributed by atoms with Gasteiger partial charge in [-0.05, 0) is 33.1 Å². The number of carbonyl (C=O) groups is 1. The van der Waals surface area contributed by atoms with E-state index in [-0.39, 0.29) is 5.54 Å². The fraction of sp³-hybridized carbons (Fsp3) is 0.909. The van der Waals surface area contributed by atoms with E-state index in [4.69, 9.17) is 0 Å². The smallest absolute Gasteiger partial charge is 0.146 e. The molecule has 0 aliphatic heterocycles. The zero-order valence-corrected chi connectivity index (χ0v) is 9.02. The van der Waals surface area contributed by atoms with E-state index >= 15 is 0 Å². The molecule has 0 saturated heterocycles. The molecule has 0 atom stereocenters. The van der Waals surface area contributed by atoms with Crippen LogP contribution in [-0.2, 0) is 4.79 Å². The van der Waals surface area contributed by atoms with Gasteiger partial charge in [0.1, 0.15) is 5.78 Å². The third kappa shape index (κ3) is 5.81. The van der Waals surface area contributed by atoms with E-state index in [1.165, 1.54) is 12.8 Å². The van der Waals surface area contributed by atoms with Crippen molar-refractivity contribution in [2.45, 2.75) is 52.0 Å². The van der Waals surface area contributed by atoms with Crippen molar-refractivity contribution in [1.82, 2.24) is 5.32 Å². The first-order valence-electron chi connectivity index (χ1n) is 5.24. The number of carbonyl (C=O) groups excluding carboxylic acids is 1. The van der Waals surface area contributed by atoms with Gasteiger partial charge in [0.15, 0.2) is 0 Å². The Morgan fingerprint density at radius 3 is 2.46 bits per heavy atom. The maximum absolute atomic E-state index is 11.4. The molecule has 2 heteroatoms. The van der Waals surface area contributed by atoms with Crippen LogP contribution in [0.1, 0.15) is 46.5 Å². The molecule has 1 N–H and O–H groups in total. The highest BCUT2D eigenvalue weighted by Gasteiger charge is 2.22. The van der Waals surface area contributed by atoms with Crippen LogP contribution in [0.4, 0.5) is 0 Å². The first kappa shape index (κ1) is 10.7. The van der Waals surface area contributed by atoms with Gasteiger partial charge in [0, 0.05) is 12.0 Å². The van der Waals surface area contributed by atoms with Gasteiger partial charge in [0.05, 0.1) is 6.54 Å². The zero-order chi connectivity index (χ0) is 9.90. The predicted molar refractivity (Wildman–Crippen MR) is 54.7 cm³/mol. The third-order valence-corrected chi connectivity index (χ3v) is 2.34. The van der Waals surface area contributed by atoms with Crippen LogP contribution in [0, 0.1) is 5.92 Å². The number of hydrogen-bond acceptors (Lipinski definition) is 2. The molecular weight excluding hydrogens is 162 g/mol. The van der Waals surface area contributed by atoms with Crippen molar-refractivity contribution in [3.05, 3.63) is 0 Å². The van der Waals surface area contributed by atoms with Gasteiger partial charge in [-0.15, -0.1) is 0 Å². The summed E-state index contributed by atoms with van der Waals surface area (Å²) in [5.74, 6) is 1.24. The van der Waals surface area contributed by atoms with Gasteiger partial charge in [0.25, 0.3) is 0 Å². The van der Waals surface area contributed by atoms with Crippen LogP contribution in [0.3, 0.4) is 0 Å². The Morgan fingerprint density at radius 1 is 1.38 bits per heavy atom. The lowest BCUT2D eigenvalue weighted by atomic mass is 10.1. The number of hydrogen-bond donors (Lipinski definition) is 1. The van der Waals surface area contributed by atoms with Crippen LogP contribution in [-0.4, -0.2) is 17.9 Å². The Hall–Kier alpha value is -0.370. The molecule has 0 radical (unpaired) electrons. The second kappa shape index (κ2) is 4.23. The van der Waals surface area contributed by atoms with Crippen LogP contribution in [0.15, 0.2) is 0 Å². The van der Waals surface area contributed by atoms with Crippen molar-refractivity contribution in [1.29, 1.82) is 0 Å². The third-order valence-electron chi connectivity index (χ3n) is 2.34. The monoisotopic (exact) mass is 183 g/mol. The van der Waals surface area contributed by atoms with Crippen LogP contribution >= 0.6 is 0 Å². The van der Waals surface area contributed by atoms with Crippen molar-refractivity contribution in [2.24, 2.45) is 5.92 Å². The van der Waals surface area contributed by atoms with E-state index in [1.54, 1.807) is 0 Å². The predicted octanol–water partition coefficient (Wildman–Crippen LogP) is 2.13. The summed E-state index contributed by atoms with van der Waals surface area (Å²) in [4.78, 5) is 11.4. The molecule has 0 unspecified atom stereocenters. The fourth-order valence-electron chi connectivity index (χ4n) is 1.22. The molecule has 1 fully saturated rings. The van der Waals surface area contributed by atoms with Crippen molar-refractivity contribution in [3.8, 4) is 0 Å². The van der Waals surface area contributed by atoms with E-state index in [9.17, 15) is 4.79 Å². The van der Waals surface area contributed by atoms with Gasteiger partial charge in [-0.2, -0.15) is 0 Å². The summed E-state index contributed by atoms with van der Waals surface area (Å²) in [6.45, 7) is 6.79. The quantitative estimate of drug-likeness (QED) is 0.707. The highest BCUT2D eigenvalue weighted by molar-refractivity contribution is 5.80. The number of rotatable bonds is 5. The van der Waals surface area contributed by atoms with Crippen LogP contribution in [0.25, 0.3) is 0 Å². The van der Waals surface area contributed by atoms with Gasteiger partial charge < -0.3 is 5.32 Å². The molecule has 2 nitrogen and oxygen atoms in total. The average Bonchev–Trinajstić information content (AvgIpc) is 2.78. The first-order valence-corrected chi connectivity index (χ1v) is 5.24. The number of ketones is 1. The summed E-state index contributed by atoms with van der Waals surface area (Å²) in [5, 5.41) is 3.22. The highest BCUT2D eigenvalue weighted by Crippen LogP contribution is 2.33. The maximum atomic E-state index is 11.4. The van der Waals surface area contributed by atoms with Crippen molar-refractivity contribution in [3.63, 3.8) is 0 Å². The van der Waals surface area contributed by atoms with E-state index in [0.29, 0.717) is 12.3 Å². The Kier molecular flexibility index (Phi) is 3.48. The van der Waals surface area contributed by atoms with Gasteiger partial charge in [-0.3, -0.25) is 4.79 Å². The van der Waals surface area contributed by atoms with Crippen molar-refractivity contribution in [2.75, 3.05) is 6.54 Å². The normalized spacial score (nSPS) is 17.5. The molecule has 0 bridgehead atoms. The van der Waals surface area contributed by atoms with Crippen LogP contribution < -0.4 is 5.32 Å². The molecule has 0 aromatic carbocycles. The molecule has 1 aliphatic rings. The Balaban J connectivity index is 2.03. The average molecular weight is 183 g/mol. The van der Waals surface area contributed by atoms with Gasteiger partial charge in [-0.1, -0.05) is 12.8 Å². The molecule has 1 rings (SSSR count). The summed E-state index contributed by atoms with van der Waals surface area (Å²) < 4.78 is 0. The molecule has 1 aliphatic carbocycles. The van der Waals surface area contributed by atoms with Gasteiger partial charge in [-0.25, -0.2) is 0 Å². The minimum absolute atomic E-state index is 0.0647. The maximum Gasteiger partial charge on any atom is 0.146 e. The van der Waals surface area contributed by atoms with E-state index in [1.807, 2.05) is 0 Å². The Labute approximate surface area is 81.1 Å². The summed E-state index contributed by atoms with van der Waals surface area (Å²) in [6, 6.07) is 0. The number of nitrogens with one attached hydrogen (secondary N) is 1. The summed E-state index contributed by atoms with van der Waals surface area (Å²) >= 11 is 0. The van der Waals surface area contributed by atoms with Crippen molar-refractivity contribution < 1.29 is 4.79 Å². The lowest BCUT2D eigenvalue weighted by molar-refractivity contribution is -0.118. The lowest BCUT2D eigenvalue weighted by Gasteiger charge is -2.19. The standard InChI is InChI=1S/C11H21NO/c1-11(2,3)12-8-10(13)7-6-9-4-5-9/h9,12H,4-8H2,1-3H3. The largest absolute Gasteiger partial charge is 0.305 e. The van der Waals surface area contributed by atoms with E-state index in [2.05, 4.69) is 26.1 Å². The fourth-order valence-corrected chi connectivity index (χ4v) is 1.22. The minimum Gasteiger partial charge on any atom is -0.305 e. The molecule has 0 spiro atoms. The molecule has 76 valence electrons. The second-order valence-corrected chi connectivity index (χ2v) is 5.12. The highest BCUT2D eigenvalue weighted by atomic mass is 16.1. The van der Waals surface area contributed by atoms with Gasteiger partial charge >= 0.3 is 0 Å². The van der Waals surface area contributed by atoms with E-state index < -0.39 is 0 Å². The van der Waals surface area contributed by atoms with Crippen LogP contribution in [0.2, 0.25) is 0 Å². The first-order chi connectivity index (χ1) is 5.97. The topological polar surface area (TPSA) is 29.1 Å². The zero-order valence-electron chi connectivity index (χ0n) is 9.02. The molecule has 1 saturated carbocycles. The summed E-state index contributed by atoms with van der Waals surface area (Å²) in [6.07, 6.45) is 4.58. The molecule has 0 heterocycles. The van der Waals surface area contributed by atoms with Crippen molar-refractivity contribution >= 4 is 5.78 Å². The van der Waals surface area contributed by atoms with Crippen LogP contribution in [0.5, 0.6) is 0 Å². The number of Topliss-reactive ketones (excluding diaryl/α,β-unsaturated/α-hetero) is 1. The Morgan fingerprint density at radius 2 is 2.00 bits per heavy atom. The molecule has 13 heavy (non-hydrogen) atoms. The second-order valence-electron chi connectivity index (χ2n) is 5.12.